The summed E-state index contributed by atoms with van der Waals surface area (Å²) in [6.45, 7) is 3.81. The summed E-state index contributed by atoms with van der Waals surface area (Å²) in [5, 5.41) is 3.39. The highest BCUT2D eigenvalue weighted by atomic mass is 79.9. The van der Waals surface area contributed by atoms with Crippen LogP contribution < -0.4 is 10.1 Å². The predicted octanol–water partition coefficient (Wildman–Crippen LogP) is 4.28. The molecule has 1 N–H and O–H groups in total. The van der Waals surface area contributed by atoms with Gasteiger partial charge in [-0.1, -0.05) is 28.1 Å². The highest BCUT2D eigenvalue weighted by Gasteiger charge is 2.08. The Morgan fingerprint density at radius 1 is 1.35 bits per heavy atom. The summed E-state index contributed by atoms with van der Waals surface area (Å²) >= 11 is 6.98. The number of allylic oxidation sites excluding steroid dienone is 1. The van der Waals surface area contributed by atoms with Crippen LogP contribution in [0, 0.1) is 0 Å². The van der Waals surface area contributed by atoms with Gasteiger partial charge in [-0.25, -0.2) is 0 Å². The van der Waals surface area contributed by atoms with Crippen LogP contribution in [0.15, 0.2) is 33.2 Å². The van der Waals surface area contributed by atoms with E-state index in [2.05, 4.69) is 55.4 Å². The zero-order chi connectivity index (χ0) is 12.7. The molecule has 1 aromatic carbocycles. The van der Waals surface area contributed by atoms with Crippen LogP contribution in [0.5, 0.6) is 5.75 Å². The first kappa shape index (κ1) is 14.7. The van der Waals surface area contributed by atoms with Crippen LogP contribution in [-0.4, -0.2) is 13.7 Å². The van der Waals surface area contributed by atoms with E-state index in [-0.39, 0.29) is 0 Å². The van der Waals surface area contributed by atoms with E-state index in [9.17, 15) is 0 Å². The summed E-state index contributed by atoms with van der Waals surface area (Å²) in [5.41, 5.74) is 1.15. The Morgan fingerprint density at radius 3 is 2.76 bits per heavy atom. The number of rotatable bonds is 6. The molecular weight excluding hydrogens is 346 g/mol. The monoisotopic (exact) mass is 361 g/mol. The van der Waals surface area contributed by atoms with E-state index in [4.69, 9.17) is 4.74 Å². The second kappa shape index (κ2) is 7.90. The van der Waals surface area contributed by atoms with Crippen LogP contribution in [-0.2, 0) is 6.54 Å². The molecular formula is C13H17Br2NO. The molecule has 4 heteroatoms. The van der Waals surface area contributed by atoms with Crippen molar-refractivity contribution in [3.8, 4) is 5.75 Å². The Balaban J connectivity index is 2.63. The molecule has 0 fully saturated rings. The standard InChI is InChI=1S/C13H17Br2NO/c1-3-4-5-6-16-9-10-7-11(14)8-12(15)13(10)17-2/h3-4,7-8,16H,5-6,9H2,1-2H3/b4-3+. The number of methoxy groups -OCH3 is 1. The smallest absolute Gasteiger partial charge is 0.137 e. The van der Waals surface area contributed by atoms with Gasteiger partial charge in [0.1, 0.15) is 5.75 Å². The molecule has 0 aliphatic carbocycles. The Labute approximate surface area is 120 Å². The van der Waals surface area contributed by atoms with Gasteiger partial charge in [0.15, 0.2) is 0 Å². The molecule has 0 aliphatic heterocycles. The molecule has 0 aliphatic rings. The summed E-state index contributed by atoms with van der Waals surface area (Å²) in [6.07, 6.45) is 5.27. The van der Waals surface area contributed by atoms with Crippen molar-refractivity contribution >= 4 is 31.9 Å². The maximum atomic E-state index is 5.39. The lowest BCUT2D eigenvalue weighted by Gasteiger charge is -2.12. The van der Waals surface area contributed by atoms with Gasteiger partial charge in [-0.15, -0.1) is 0 Å². The highest BCUT2D eigenvalue weighted by Crippen LogP contribution is 2.32. The van der Waals surface area contributed by atoms with Crippen molar-refractivity contribution in [3.05, 3.63) is 38.8 Å². The molecule has 0 saturated heterocycles. The largest absolute Gasteiger partial charge is 0.495 e. The van der Waals surface area contributed by atoms with E-state index < -0.39 is 0 Å². The minimum absolute atomic E-state index is 0.804. The summed E-state index contributed by atoms with van der Waals surface area (Å²) in [4.78, 5) is 0. The van der Waals surface area contributed by atoms with E-state index in [1.54, 1.807) is 7.11 Å². The van der Waals surface area contributed by atoms with E-state index >= 15 is 0 Å². The summed E-state index contributed by atoms with van der Waals surface area (Å²) < 4.78 is 7.41. The number of halogens is 2. The third-order valence-electron chi connectivity index (χ3n) is 2.33. The van der Waals surface area contributed by atoms with Gasteiger partial charge in [0.05, 0.1) is 11.6 Å². The third kappa shape index (κ3) is 4.82. The Kier molecular flexibility index (Phi) is 6.85. The van der Waals surface area contributed by atoms with E-state index in [0.29, 0.717) is 0 Å². The van der Waals surface area contributed by atoms with Gasteiger partial charge in [0.2, 0.25) is 0 Å². The lowest BCUT2D eigenvalue weighted by atomic mass is 10.2. The van der Waals surface area contributed by atoms with Gasteiger partial charge >= 0.3 is 0 Å². The predicted molar refractivity (Wildman–Crippen MR) is 79.5 cm³/mol. The van der Waals surface area contributed by atoms with Crippen molar-refractivity contribution < 1.29 is 4.74 Å². The first-order chi connectivity index (χ1) is 8.19. The van der Waals surface area contributed by atoms with Crippen LogP contribution in [0.25, 0.3) is 0 Å². The SMILES string of the molecule is C/C=C/CCNCc1cc(Br)cc(Br)c1OC. The number of hydrogen-bond acceptors (Lipinski definition) is 2. The first-order valence-corrected chi connectivity index (χ1v) is 7.11. The molecule has 0 saturated carbocycles. The summed E-state index contributed by atoms with van der Waals surface area (Å²) in [5.74, 6) is 0.895. The van der Waals surface area contributed by atoms with Crippen molar-refractivity contribution in [2.24, 2.45) is 0 Å². The summed E-state index contributed by atoms with van der Waals surface area (Å²) in [6, 6.07) is 4.06. The van der Waals surface area contributed by atoms with Crippen LogP contribution in [0.1, 0.15) is 18.9 Å². The zero-order valence-corrected chi connectivity index (χ0v) is 13.3. The fourth-order valence-electron chi connectivity index (χ4n) is 1.55. The van der Waals surface area contributed by atoms with Crippen molar-refractivity contribution in [1.29, 1.82) is 0 Å². The molecule has 1 aromatic rings. The van der Waals surface area contributed by atoms with Crippen molar-refractivity contribution in [1.82, 2.24) is 5.32 Å². The first-order valence-electron chi connectivity index (χ1n) is 5.52. The minimum atomic E-state index is 0.804. The Morgan fingerprint density at radius 2 is 2.12 bits per heavy atom. The minimum Gasteiger partial charge on any atom is -0.495 e. The molecule has 0 spiro atoms. The molecule has 94 valence electrons. The molecule has 17 heavy (non-hydrogen) atoms. The van der Waals surface area contributed by atoms with Gasteiger partial charge < -0.3 is 10.1 Å². The van der Waals surface area contributed by atoms with Crippen molar-refractivity contribution in [3.63, 3.8) is 0 Å². The van der Waals surface area contributed by atoms with Crippen LogP contribution in [0.2, 0.25) is 0 Å². The third-order valence-corrected chi connectivity index (χ3v) is 3.38. The molecule has 0 aromatic heterocycles. The fraction of sp³-hybridized carbons (Fsp3) is 0.385. The van der Waals surface area contributed by atoms with Gasteiger partial charge in [0.25, 0.3) is 0 Å². The van der Waals surface area contributed by atoms with E-state index in [1.807, 2.05) is 13.0 Å². The average Bonchev–Trinajstić information content (AvgIpc) is 2.28. The number of nitrogens with one attached hydrogen (secondary N) is 1. The van der Waals surface area contributed by atoms with Gasteiger partial charge in [-0.3, -0.25) is 0 Å². The van der Waals surface area contributed by atoms with Crippen molar-refractivity contribution in [2.75, 3.05) is 13.7 Å². The van der Waals surface area contributed by atoms with Crippen LogP contribution >= 0.6 is 31.9 Å². The number of ether oxygens (including phenoxy) is 1. The normalized spacial score (nSPS) is 11.1. The maximum absolute atomic E-state index is 5.39. The van der Waals surface area contributed by atoms with Gasteiger partial charge in [-0.2, -0.15) is 0 Å². The lowest BCUT2D eigenvalue weighted by Crippen LogP contribution is -2.14. The second-order valence-corrected chi connectivity index (χ2v) is 5.38. The summed E-state index contributed by atoms with van der Waals surface area (Å²) in [7, 11) is 1.69. The molecule has 0 atom stereocenters. The molecule has 0 radical (unpaired) electrons. The quantitative estimate of drug-likeness (QED) is 0.602. The van der Waals surface area contributed by atoms with Crippen LogP contribution in [0.4, 0.5) is 0 Å². The second-order valence-electron chi connectivity index (χ2n) is 3.61. The number of hydrogen-bond donors (Lipinski definition) is 1. The lowest BCUT2D eigenvalue weighted by molar-refractivity contribution is 0.405. The number of benzene rings is 1. The Hall–Kier alpha value is -0.320. The van der Waals surface area contributed by atoms with E-state index in [1.165, 1.54) is 0 Å². The molecule has 0 bridgehead atoms. The topological polar surface area (TPSA) is 21.3 Å². The van der Waals surface area contributed by atoms with Gasteiger partial charge in [0, 0.05) is 16.6 Å². The average molecular weight is 363 g/mol. The molecule has 0 unspecified atom stereocenters. The van der Waals surface area contributed by atoms with Crippen molar-refractivity contribution in [2.45, 2.75) is 19.9 Å². The molecule has 0 amide bonds. The fourth-order valence-corrected chi connectivity index (χ4v) is 3.02. The van der Waals surface area contributed by atoms with Gasteiger partial charge in [-0.05, 0) is 48.0 Å². The molecule has 2 nitrogen and oxygen atoms in total. The molecule has 1 rings (SSSR count). The Bertz CT molecular complexity index is 391. The maximum Gasteiger partial charge on any atom is 0.137 e. The van der Waals surface area contributed by atoms with E-state index in [0.717, 1.165) is 39.8 Å². The molecule has 0 heterocycles. The zero-order valence-electron chi connectivity index (χ0n) is 10.1. The highest BCUT2D eigenvalue weighted by molar-refractivity contribution is 9.11. The van der Waals surface area contributed by atoms with Crippen LogP contribution in [0.3, 0.4) is 0 Å².